The minimum Gasteiger partial charge on any atom is -0.493 e. The number of hydrogen-bond acceptors (Lipinski definition) is 4. The van der Waals surface area contributed by atoms with Crippen LogP contribution >= 0.6 is 0 Å². The van der Waals surface area contributed by atoms with Crippen LogP contribution in [0.1, 0.15) is 43.6 Å². The van der Waals surface area contributed by atoms with Gasteiger partial charge in [-0.25, -0.2) is 9.18 Å². The third kappa shape index (κ3) is 7.47. The van der Waals surface area contributed by atoms with Crippen LogP contribution in [-0.4, -0.2) is 27.5 Å². The number of hydrogen-bond donors (Lipinski definition) is 0. The second kappa shape index (κ2) is 14.7. The molecule has 0 aliphatic heterocycles. The van der Waals surface area contributed by atoms with Crippen molar-refractivity contribution in [1.29, 1.82) is 0 Å². The molecule has 0 unspecified atom stereocenters. The summed E-state index contributed by atoms with van der Waals surface area (Å²) in [6.45, 7) is 9.94. The maximum absolute atomic E-state index is 15.2. The molecule has 46 heavy (non-hydrogen) atoms. The minimum absolute atomic E-state index is 0.0770. The van der Waals surface area contributed by atoms with E-state index in [1.165, 1.54) is 22.5 Å². The van der Waals surface area contributed by atoms with Crippen molar-refractivity contribution >= 4 is 24.7 Å². The molecule has 0 N–H and O–H groups in total. The van der Waals surface area contributed by atoms with E-state index in [2.05, 4.69) is 76.2 Å². The summed E-state index contributed by atoms with van der Waals surface area (Å²) in [6, 6.07) is 42.6. The first-order valence-corrected chi connectivity index (χ1v) is 17.6. The van der Waals surface area contributed by atoms with Crippen molar-refractivity contribution in [2.24, 2.45) is 5.92 Å². The molecule has 1 atom stereocenters. The molecule has 0 radical (unpaired) electrons. The van der Waals surface area contributed by atoms with E-state index in [1.807, 2.05) is 66.7 Å². The van der Waals surface area contributed by atoms with Crippen LogP contribution in [0.3, 0.4) is 0 Å². The van der Waals surface area contributed by atoms with Gasteiger partial charge in [-0.2, -0.15) is 0 Å². The standard InChI is InChI=1S/C40H41FO4Si/c1-30(28-45-46(40(2,3)4,33-18-10-6-11-19-33)34-20-12-7-13-21-34)27-43-38-23-15-14-22-35(38)32-24-25-36(37(41)26-32)39(42)44-29-31-16-8-5-9-17-31/h5-26,30H,27-29H2,1-4H3/t30-/m0/s1. The Kier molecular flexibility index (Phi) is 10.5. The molecular weight excluding hydrogens is 592 g/mol. The molecule has 236 valence electrons. The number of halogens is 1. The summed E-state index contributed by atoms with van der Waals surface area (Å²) in [6.07, 6.45) is 0. The van der Waals surface area contributed by atoms with Gasteiger partial charge in [0.1, 0.15) is 18.2 Å². The fourth-order valence-electron chi connectivity index (χ4n) is 5.79. The zero-order chi connectivity index (χ0) is 32.6. The molecule has 5 aromatic rings. The number of carbonyl (C=O) groups is 1. The van der Waals surface area contributed by atoms with Gasteiger partial charge >= 0.3 is 5.97 Å². The van der Waals surface area contributed by atoms with E-state index in [9.17, 15) is 4.79 Å². The molecule has 0 saturated carbocycles. The molecular formula is C40H41FO4Si. The smallest absolute Gasteiger partial charge is 0.341 e. The first-order chi connectivity index (χ1) is 22.2. The van der Waals surface area contributed by atoms with Crippen molar-refractivity contribution in [3.8, 4) is 16.9 Å². The minimum atomic E-state index is -2.67. The van der Waals surface area contributed by atoms with E-state index >= 15 is 4.39 Å². The summed E-state index contributed by atoms with van der Waals surface area (Å²) in [7, 11) is -2.67. The highest BCUT2D eigenvalue weighted by Crippen LogP contribution is 2.37. The lowest BCUT2D eigenvalue weighted by atomic mass is 10.0. The van der Waals surface area contributed by atoms with E-state index < -0.39 is 20.1 Å². The van der Waals surface area contributed by atoms with Crippen LogP contribution < -0.4 is 15.1 Å². The molecule has 5 rings (SSSR count). The average molecular weight is 633 g/mol. The molecule has 0 saturated heterocycles. The first-order valence-electron chi connectivity index (χ1n) is 15.7. The molecule has 5 aromatic carbocycles. The Morgan fingerprint density at radius 2 is 1.30 bits per heavy atom. The average Bonchev–Trinajstić information content (AvgIpc) is 3.07. The Morgan fingerprint density at radius 1 is 0.739 bits per heavy atom. The third-order valence-electron chi connectivity index (χ3n) is 8.12. The van der Waals surface area contributed by atoms with Gasteiger partial charge in [-0.1, -0.05) is 143 Å². The topological polar surface area (TPSA) is 44.8 Å². The van der Waals surface area contributed by atoms with Crippen molar-refractivity contribution in [1.82, 2.24) is 0 Å². The second-order valence-electron chi connectivity index (χ2n) is 12.6. The van der Waals surface area contributed by atoms with Gasteiger partial charge < -0.3 is 13.9 Å². The largest absolute Gasteiger partial charge is 0.493 e. The van der Waals surface area contributed by atoms with Crippen LogP contribution in [0.25, 0.3) is 11.1 Å². The molecule has 4 nitrogen and oxygen atoms in total. The quantitative estimate of drug-likeness (QED) is 0.102. The number of rotatable bonds is 12. The number of ether oxygens (including phenoxy) is 2. The van der Waals surface area contributed by atoms with Crippen LogP contribution in [0.4, 0.5) is 4.39 Å². The number of para-hydroxylation sites is 1. The Morgan fingerprint density at radius 3 is 1.89 bits per heavy atom. The maximum atomic E-state index is 15.2. The Hall–Kier alpha value is -4.52. The molecule has 0 aliphatic carbocycles. The van der Waals surface area contributed by atoms with E-state index in [-0.39, 0.29) is 23.1 Å². The zero-order valence-corrected chi connectivity index (χ0v) is 27.9. The molecule has 0 fully saturated rings. The lowest BCUT2D eigenvalue weighted by molar-refractivity contribution is 0.0467. The lowest BCUT2D eigenvalue weighted by Crippen LogP contribution is -2.66. The van der Waals surface area contributed by atoms with Crippen molar-refractivity contribution in [2.45, 2.75) is 39.3 Å². The normalized spacial score (nSPS) is 12.4. The summed E-state index contributed by atoms with van der Waals surface area (Å²) in [4.78, 5) is 12.6. The van der Waals surface area contributed by atoms with E-state index in [4.69, 9.17) is 13.9 Å². The van der Waals surface area contributed by atoms with E-state index in [0.717, 1.165) is 11.1 Å². The molecule has 0 aliphatic rings. The molecule has 0 bridgehead atoms. The fraction of sp³-hybridized carbons (Fsp3) is 0.225. The van der Waals surface area contributed by atoms with E-state index in [1.54, 1.807) is 6.07 Å². The molecule has 0 spiro atoms. The third-order valence-corrected chi connectivity index (χ3v) is 13.1. The van der Waals surface area contributed by atoms with Gasteiger partial charge in [0.15, 0.2) is 0 Å². The summed E-state index contributed by atoms with van der Waals surface area (Å²) >= 11 is 0. The summed E-state index contributed by atoms with van der Waals surface area (Å²) in [5.41, 5.74) is 2.09. The number of benzene rings is 5. The summed E-state index contributed by atoms with van der Waals surface area (Å²) in [5.74, 6) is -0.628. The van der Waals surface area contributed by atoms with Crippen molar-refractivity contribution in [2.75, 3.05) is 13.2 Å². The van der Waals surface area contributed by atoms with Gasteiger partial charge in [0.25, 0.3) is 8.32 Å². The highest BCUT2D eigenvalue weighted by atomic mass is 28.4. The summed E-state index contributed by atoms with van der Waals surface area (Å²) in [5, 5.41) is 2.36. The number of esters is 1. The number of carbonyl (C=O) groups excluding carboxylic acids is 1. The first kappa shape index (κ1) is 32.9. The van der Waals surface area contributed by atoms with Gasteiger partial charge in [-0.15, -0.1) is 0 Å². The van der Waals surface area contributed by atoms with Crippen molar-refractivity contribution in [3.63, 3.8) is 0 Å². The van der Waals surface area contributed by atoms with Crippen LogP contribution in [0.2, 0.25) is 5.04 Å². The Bertz CT molecular complexity index is 1680. The van der Waals surface area contributed by atoms with Crippen molar-refractivity contribution in [3.05, 3.63) is 150 Å². The monoisotopic (exact) mass is 632 g/mol. The maximum Gasteiger partial charge on any atom is 0.341 e. The van der Waals surface area contributed by atoms with Gasteiger partial charge in [0.2, 0.25) is 0 Å². The highest BCUT2D eigenvalue weighted by Gasteiger charge is 2.50. The second-order valence-corrected chi connectivity index (χ2v) is 16.9. The molecule has 0 aromatic heterocycles. The Labute approximate surface area is 272 Å². The molecule has 0 heterocycles. The van der Waals surface area contributed by atoms with Crippen molar-refractivity contribution < 1.29 is 23.1 Å². The fourth-order valence-corrected chi connectivity index (χ4v) is 10.5. The Balaban J connectivity index is 1.29. The van der Waals surface area contributed by atoms with Gasteiger partial charge in [-0.3, -0.25) is 0 Å². The van der Waals surface area contributed by atoms with Gasteiger partial charge in [-0.05, 0) is 44.7 Å². The lowest BCUT2D eigenvalue weighted by Gasteiger charge is -2.43. The highest BCUT2D eigenvalue weighted by molar-refractivity contribution is 6.99. The summed E-state index contributed by atoms with van der Waals surface area (Å²) < 4.78 is 34.0. The predicted octanol–water partition coefficient (Wildman–Crippen LogP) is 8.44. The van der Waals surface area contributed by atoms with Crippen LogP contribution in [0, 0.1) is 11.7 Å². The van der Waals surface area contributed by atoms with Crippen LogP contribution in [-0.2, 0) is 15.8 Å². The van der Waals surface area contributed by atoms with E-state index in [0.29, 0.717) is 24.5 Å². The molecule has 6 heteroatoms. The van der Waals surface area contributed by atoms with Gasteiger partial charge in [0, 0.05) is 18.1 Å². The van der Waals surface area contributed by atoms with Crippen LogP contribution in [0.15, 0.2) is 133 Å². The SMILES string of the molecule is C[C@@H](COc1ccccc1-c1ccc(C(=O)OCc2ccccc2)c(F)c1)CO[Si](c1ccccc1)(c1ccccc1)C(C)(C)C. The van der Waals surface area contributed by atoms with Crippen LogP contribution in [0.5, 0.6) is 5.75 Å². The zero-order valence-electron chi connectivity index (χ0n) is 26.9. The van der Waals surface area contributed by atoms with Gasteiger partial charge in [0.05, 0.1) is 12.2 Å². The molecule has 0 amide bonds. The predicted molar refractivity (Wildman–Crippen MR) is 186 cm³/mol.